The van der Waals surface area contributed by atoms with Crippen molar-refractivity contribution in [3.8, 4) is 17.2 Å². The van der Waals surface area contributed by atoms with E-state index in [1.165, 1.54) is 43.1 Å². The van der Waals surface area contributed by atoms with E-state index in [1.807, 2.05) is 54.1 Å². The summed E-state index contributed by atoms with van der Waals surface area (Å²) in [6, 6.07) is 20.7. The van der Waals surface area contributed by atoms with E-state index in [1.54, 1.807) is 41.7 Å². The van der Waals surface area contributed by atoms with Crippen molar-refractivity contribution in [1.29, 1.82) is 0 Å². The number of halogens is 1. The molecule has 0 aliphatic carbocycles. The second-order valence-electron chi connectivity index (χ2n) is 11.1. The summed E-state index contributed by atoms with van der Waals surface area (Å²) in [6.07, 6.45) is 0.518. The van der Waals surface area contributed by atoms with Crippen molar-refractivity contribution >= 4 is 40.6 Å². The summed E-state index contributed by atoms with van der Waals surface area (Å²) in [5, 5.41) is 20.5. The molecular weight excluding hydrogens is 652 g/mol. The number of nitrogens with one attached hydrogen (secondary N) is 1. The molecule has 13 heteroatoms. The van der Waals surface area contributed by atoms with Crippen LogP contribution in [-0.4, -0.2) is 57.3 Å². The molecule has 1 atom stereocenters. The normalized spacial score (nSPS) is 14.1. The van der Waals surface area contributed by atoms with E-state index >= 15 is 0 Å². The Morgan fingerprint density at radius 1 is 1.00 bits per heavy atom. The predicted octanol–water partition coefficient (Wildman–Crippen LogP) is 6.50. The van der Waals surface area contributed by atoms with Crippen LogP contribution in [0.2, 0.25) is 0 Å². The summed E-state index contributed by atoms with van der Waals surface area (Å²) >= 11 is 2.80. The molecule has 0 fully saturated rings. The highest BCUT2D eigenvalue weighted by Gasteiger charge is 2.34. The minimum absolute atomic E-state index is 0.0257. The highest BCUT2D eigenvalue weighted by Crippen LogP contribution is 2.35. The molecule has 48 heavy (non-hydrogen) atoms. The van der Waals surface area contributed by atoms with Gasteiger partial charge < -0.3 is 14.8 Å². The molecule has 0 saturated carbocycles. The summed E-state index contributed by atoms with van der Waals surface area (Å²) in [5.74, 6) is 0.597. The Labute approximate surface area is 285 Å². The Bertz CT molecular complexity index is 1960. The van der Waals surface area contributed by atoms with Crippen molar-refractivity contribution in [2.45, 2.75) is 38.0 Å². The number of carbonyl (C=O) groups excluding carboxylic acids is 2. The van der Waals surface area contributed by atoms with E-state index in [9.17, 15) is 14.0 Å². The first-order chi connectivity index (χ1) is 23.2. The minimum Gasteiger partial charge on any atom is -0.497 e. The molecule has 2 amide bonds. The number of thiophene rings is 1. The van der Waals surface area contributed by atoms with Crippen molar-refractivity contribution < 1.29 is 23.5 Å². The number of rotatable bonds is 11. The summed E-state index contributed by atoms with van der Waals surface area (Å²) < 4.78 is 26.3. The van der Waals surface area contributed by atoms with Crippen LogP contribution in [0.3, 0.4) is 0 Å². The zero-order valence-corrected chi connectivity index (χ0v) is 28.4. The fraction of sp³-hybridized carbons (Fsp3) is 0.229. The van der Waals surface area contributed by atoms with Gasteiger partial charge in [0.15, 0.2) is 11.0 Å². The van der Waals surface area contributed by atoms with Crippen LogP contribution in [0.25, 0.3) is 5.69 Å². The zero-order valence-electron chi connectivity index (χ0n) is 26.8. The number of hydrazone groups is 1. The van der Waals surface area contributed by atoms with Crippen molar-refractivity contribution in [3.63, 3.8) is 0 Å². The number of thioether (sulfide) groups is 1. The van der Waals surface area contributed by atoms with Crippen molar-refractivity contribution in [1.82, 2.24) is 25.1 Å². The van der Waals surface area contributed by atoms with Crippen LogP contribution in [-0.2, 0) is 11.3 Å². The molecule has 3 aromatic carbocycles. The molecule has 0 bridgehead atoms. The largest absolute Gasteiger partial charge is 0.497 e. The molecular formula is C35H33FN6O4S2. The highest BCUT2D eigenvalue weighted by molar-refractivity contribution is 7.99. The number of benzene rings is 3. The first-order valence-corrected chi connectivity index (χ1v) is 17.0. The van der Waals surface area contributed by atoms with Gasteiger partial charge in [-0.2, -0.15) is 5.10 Å². The van der Waals surface area contributed by atoms with Crippen molar-refractivity contribution in [3.05, 3.63) is 117 Å². The maximum atomic E-state index is 13.8. The first-order valence-electron chi connectivity index (χ1n) is 15.1. The lowest BCUT2D eigenvalue weighted by atomic mass is 10.0. The molecule has 5 aromatic rings. The summed E-state index contributed by atoms with van der Waals surface area (Å²) in [4.78, 5) is 28.0. The van der Waals surface area contributed by atoms with Crippen LogP contribution < -0.4 is 14.8 Å². The van der Waals surface area contributed by atoms with Crippen LogP contribution >= 0.6 is 23.1 Å². The van der Waals surface area contributed by atoms with E-state index in [0.717, 1.165) is 33.0 Å². The predicted molar refractivity (Wildman–Crippen MR) is 184 cm³/mol. The number of aryl methyl sites for hydroxylation is 2. The summed E-state index contributed by atoms with van der Waals surface area (Å²) in [7, 11) is 3.05. The first kappa shape index (κ1) is 32.9. The second kappa shape index (κ2) is 14.4. The van der Waals surface area contributed by atoms with Gasteiger partial charge in [-0.05, 0) is 72.3 Å². The molecule has 1 N–H and O–H groups in total. The average Bonchev–Trinajstić information content (AvgIpc) is 3.88. The van der Waals surface area contributed by atoms with Gasteiger partial charge in [0, 0.05) is 18.1 Å². The number of nitrogens with zero attached hydrogens (tertiary/aromatic N) is 5. The fourth-order valence-electron chi connectivity index (χ4n) is 5.38. The smallest absolute Gasteiger partial charge is 0.253 e. The Kier molecular flexibility index (Phi) is 9.88. The molecule has 0 spiro atoms. The van der Waals surface area contributed by atoms with Crippen molar-refractivity contribution in [2.24, 2.45) is 5.10 Å². The highest BCUT2D eigenvalue weighted by atomic mass is 32.2. The molecule has 1 aliphatic heterocycles. The Hall–Kier alpha value is -5.01. The van der Waals surface area contributed by atoms with Gasteiger partial charge in [0.25, 0.3) is 11.8 Å². The van der Waals surface area contributed by atoms with E-state index in [-0.39, 0.29) is 36.0 Å². The Morgan fingerprint density at radius 2 is 1.75 bits per heavy atom. The van der Waals surface area contributed by atoms with Gasteiger partial charge in [0.05, 0.1) is 48.8 Å². The van der Waals surface area contributed by atoms with Gasteiger partial charge in [-0.15, -0.1) is 21.5 Å². The third-order valence-electron chi connectivity index (χ3n) is 7.88. The molecule has 2 aromatic heterocycles. The molecule has 246 valence electrons. The lowest BCUT2D eigenvalue weighted by Gasteiger charge is -2.22. The zero-order chi connectivity index (χ0) is 33.8. The fourth-order valence-corrected chi connectivity index (χ4v) is 6.92. The molecule has 1 aliphatic rings. The van der Waals surface area contributed by atoms with Crippen LogP contribution in [0.5, 0.6) is 11.5 Å². The molecule has 10 nitrogen and oxygen atoms in total. The average molecular weight is 685 g/mol. The number of hydrogen-bond donors (Lipinski definition) is 1. The lowest BCUT2D eigenvalue weighted by Crippen LogP contribution is -2.28. The molecule has 0 saturated heterocycles. The van der Waals surface area contributed by atoms with Gasteiger partial charge in [-0.1, -0.05) is 42.1 Å². The van der Waals surface area contributed by atoms with Crippen LogP contribution in [0.4, 0.5) is 4.39 Å². The Morgan fingerprint density at radius 3 is 2.44 bits per heavy atom. The third-order valence-corrected chi connectivity index (χ3v) is 9.71. The summed E-state index contributed by atoms with van der Waals surface area (Å²) in [6.45, 7) is 4.05. The molecule has 6 rings (SSSR count). The van der Waals surface area contributed by atoms with Gasteiger partial charge in [0.1, 0.15) is 17.3 Å². The van der Waals surface area contributed by atoms with Crippen LogP contribution in [0.1, 0.15) is 50.2 Å². The third kappa shape index (κ3) is 7.11. The molecule has 0 radical (unpaired) electrons. The standard InChI is InChI=1S/C35H33FN6O4S2/c1-21-7-8-22(2)29(14-21)41-32(19-37-34(44)24-15-26(45-3)17-27(16-24)46-4)38-39-35(41)48-20-33(43)42-30(23-9-11-25(36)12-10-23)18-28(40-42)31-6-5-13-47-31/h5-17,30H,18-20H2,1-4H3,(H,37,44)/t30-/m0/s1. The number of ether oxygens (including phenoxy) is 2. The number of methoxy groups -OCH3 is 2. The van der Waals surface area contributed by atoms with E-state index in [2.05, 4.69) is 15.5 Å². The van der Waals surface area contributed by atoms with Gasteiger partial charge in [-0.25, -0.2) is 9.40 Å². The molecule has 3 heterocycles. The van der Waals surface area contributed by atoms with E-state index in [0.29, 0.717) is 34.5 Å². The second-order valence-corrected chi connectivity index (χ2v) is 13.0. The summed E-state index contributed by atoms with van der Waals surface area (Å²) in [5.41, 5.74) is 4.82. The SMILES string of the molecule is COc1cc(OC)cc(C(=O)NCc2nnc(SCC(=O)N3N=C(c4cccs4)C[C@H]3c3ccc(F)cc3)n2-c2cc(C)ccc2C)c1. The number of aromatic nitrogens is 3. The van der Waals surface area contributed by atoms with Gasteiger partial charge >= 0.3 is 0 Å². The van der Waals surface area contributed by atoms with E-state index < -0.39 is 0 Å². The van der Waals surface area contributed by atoms with E-state index in [4.69, 9.17) is 14.6 Å². The van der Waals surface area contributed by atoms with Crippen molar-refractivity contribution in [2.75, 3.05) is 20.0 Å². The van der Waals surface area contributed by atoms with Crippen LogP contribution in [0, 0.1) is 19.7 Å². The quantitative estimate of drug-likeness (QED) is 0.158. The number of carbonyl (C=O) groups is 2. The maximum absolute atomic E-state index is 13.8. The Balaban J connectivity index is 1.26. The number of amides is 2. The molecule has 0 unspecified atom stereocenters. The monoisotopic (exact) mass is 684 g/mol. The number of hydrogen-bond acceptors (Lipinski definition) is 9. The van der Waals surface area contributed by atoms with Gasteiger partial charge in [-0.3, -0.25) is 14.2 Å². The minimum atomic E-state index is -0.367. The van der Waals surface area contributed by atoms with Gasteiger partial charge in [0.2, 0.25) is 0 Å². The topological polar surface area (TPSA) is 111 Å². The maximum Gasteiger partial charge on any atom is 0.253 e. The van der Waals surface area contributed by atoms with Crippen LogP contribution in [0.15, 0.2) is 88.4 Å². The lowest BCUT2D eigenvalue weighted by molar-refractivity contribution is -0.130.